The van der Waals surface area contributed by atoms with Crippen molar-refractivity contribution in [1.82, 2.24) is 20.5 Å². The van der Waals surface area contributed by atoms with Crippen LogP contribution in [0.25, 0.3) is 0 Å². The van der Waals surface area contributed by atoms with E-state index in [2.05, 4.69) is 15.8 Å². The van der Waals surface area contributed by atoms with E-state index < -0.39 is 0 Å². The van der Waals surface area contributed by atoms with Crippen LogP contribution in [0.3, 0.4) is 0 Å². The molecule has 7 nitrogen and oxygen atoms in total. The lowest BCUT2D eigenvalue weighted by Crippen LogP contribution is -2.57. The van der Waals surface area contributed by atoms with Crippen LogP contribution in [0, 0.1) is 0 Å². The van der Waals surface area contributed by atoms with E-state index >= 15 is 0 Å². The smallest absolute Gasteiger partial charge is 0.254 e. The number of hydrazone groups is 1. The maximum atomic E-state index is 12.4. The molecular weight excluding hydrogens is 294 g/mol. The van der Waals surface area contributed by atoms with Gasteiger partial charge in [-0.25, -0.2) is 0 Å². The number of rotatable bonds is 4. The highest BCUT2D eigenvalue weighted by Crippen LogP contribution is 2.13. The lowest BCUT2D eigenvalue weighted by Gasteiger charge is -2.35. The molecule has 0 aliphatic carbocycles. The normalized spacial score (nSPS) is 19.8. The molecule has 0 bridgehead atoms. The molecule has 0 spiro atoms. The van der Waals surface area contributed by atoms with E-state index in [0.29, 0.717) is 17.7 Å². The number of benzene rings is 1. The molecule has 2 N–H and O–H groups in total. The molecule has 1 aromatic rings. The minimum Gasteiger partial charge on any atom is -0.336 e. The first kappa shape index (κ1) is 15.5. The standard InChI is InChI=1S/C16H21N5O2/c1-20(13-7-17-8-13)15(22)11-3-5-12(6-4-11)16(23)21(2)14-9-18-19-10-14/h3-6,9,13-14,17,19H,7-8,10H2,1-2H3. The van der Waals surface area contributed by atoms with E-state index in [0.717, 1.165) is 13.1 Å². The van der Waals surface area contributed by atoms with Gasteiger partial charge in [0, 0.05) is 44.5 Å². The van der Waals surface area contributed by atoms with Gasteiger partial charge in [-0.2, -0.15) is 5.10 Å². The second kappa shape index (κ2) is 6.37. The summed E-state index contributed by atoms with van der Waals surface area (Å²) < 4.78 is 0. The van der Waals surface area contributed by atoms with E-state index in [9.17, 15) is 9.59 Å². The summed E-state index contributed by atoms with van der Waals surface area (Å²) >= 11 is 0. The summed E-state index contributed by atoms with van der Waals surface area (Å²) in [6.45, 7) is 2.29. The van der Waals surface area contributed by atoms with Crippen molar-refractivity contribution in [1.29, 1.82) is 0 Å². The molecular formula is C16H21N5O2. The van der Waals surface area contributed by atoms with Crippen LogP contribution in [0.1, 0.15) is 20.7 Å². The number of carbonyl (C=O) groups is 2. The minimum absolute atomic E-state index is 0.0176. The molecule has 2 aliphatic rings. The predicted octanol–water partition coefficient (Wildman–Crippen LogP) is -0.240. The van der Waals surface area contributed by atoms with Crippen LogP contribution in [-0.2, 0) is 0 Å². The number of nitrogens with zero attached hydrogens (tertiary/aromatic N) is 3. The summed E-state index contributed by atoms with van der Waals surface area (Å²) in [5.74, 6) is -0.100. The molecule has 122 valence electrons. The van der Waals surface area contributed by atoms with Gasteiger partial charge in [-0.15, -0.1) is 0 Å². The number of nitrogens with one attached hydrogen (secondary N) is 2. The summed E-state index contributed by atoms with van der Waals surface area (Å²) in [5, 5.41) is 7.08. The molecule has 23 heavy (non-hydrogen) atoms. The van der Waals surface area contributed by atoms with E-state index in [1.807, 2.05) is 7.05 Å². The number of amides is 2. The minimum atomic E-state index is -0.0827. The Morgan fingerprint density at radius 2 is 1.57 bits per heavy atom. The third-order valence-corrected chi connectivity index (χ3v) is 4.46. The lowest BCUT2D eigenvalue weighted by molar-refractivity contribution is 0.0680. The van der Waals surface area contributed by atoms with Gasteiger partial charge in [-0.3, -0.25) is 9.59 Å². The van der Waals surface area contributed by atoms with Crippen LogP contribution >= 0.6 is 0 Å². The van der Waals surface area contributed by atoms with Crippen LogP contribution in [-0.4, -0.2) is 73.6 Å². The molecule has 2 aliphatic heterocycles. The monoisotopic (exact) mass is 315 g/mol. The maximum Gasteiger partial charge on any atom is 0.254 e. The Morgan fingerprint density at radius 1 is 1.00 bits per heavy atom. The first-order chi connectivity index (χ1) is 11.1. The number of carbonyl (C=O) groups excluding carboxylic acids is 2. The summed E-state index contributed by atoms with van der Waals surface area (Å²) in [6, 6.07) is 7.06. The second-order valence-electron chi connectivity index (χ2n) is 5.93. The van der Waals surface area contributed by atoms with Crippen LogP contribution < -0.4 is 10.7 Å². The Kier molecular flexibility index (Phi) is 4.29. The third kappa shape index (κ3) is 3.05. The van der Waals surface area contributed by atoms with E-state index in [1.54, 1.807) is 47.3 Å². The van der Waals surface area contributed by atoms with Crippen molar-refractivity contribution in [2.75, 3.05) is 33.7 Å². The average molecular weight is 315 g/mol. The van der Waals surface area contributed by atoms with Gasteiger partial charge in [-0.1, -0.05) is 0 Å². The molecule has 0 radical (unpaired) electrons. The summed E-state index contributed by atoms with van der Waals surface area (Å²) in [7, 11) is 3.57. The first-order valence-electron chi connectivity index (χ1n) is 7.69. The van der Waals surface area contributed by atoms with Gasteiger partial charge in [-0.05, 0) is 24.3 Å². The largest absolute Gasteiger partial charge is 0.336 e. The van der Waals surface area contributed by atoms with Gasteiger partial charge in [0.05, 0.1) is 18.6 Å². The quantitative estimate of drug-likeness (QED) is 0.804. The zero-order valence-electron chi connectivity index (χ0n) is 13.3. The highest BCUT2D eigenvalue weighted by Gasteiger charge is 2.26. The molecule has 0 saturated carbocycles. The Hall–Kier alpha value is -2.41. The summed E-state index contributed by atoms with van der Waals surface area (Å²) in [6.07, 6.45) is 1.72. The molecule has 1 unspecified atom stereocenters. The first-order valence-corrected chi connectivity index (χ1v) is 7.69. The molecule has 0 aromatic heterocycles. The number of likely N-dealkylation sites (N-methyl/N-ethyl adjacent to an activating group) is 2. The molecule has 1 atom stereocenters. The Labute approximate surface area is 135 Å². The van der Waals surface area contributed by atoms with Crippen LogP contribution in [0.5, 0.6) is 0 Å². The van der Waals surface area contributed by atoms with Crippen molar-refractivity contribution in [2.45, 2.75) is 12.1 Å². The molecule has 2 heterocycles. The highest BCUT2D eigenvalue weighted by atomic mass is 16.2. The fraction of sp³-hybridized carbons (Fsp3) is 0.438. The molecule has 1 fully saturated rings. The Bertz CT molecular complexity index is 624. The van der Waals surface area contributed by atoms with Gasteiger partial charge < -0.3 is 20.5 Å². The van der Waals surface area contributed by atoms with Crippen LogP contribution in [0.4, 0.5) is 0 Å². The van der Waals surface area contributed by atoms with Gasteiger partial charge in [0.15, 0.2) is 0 Å². The van der Waals surface area contributed by atoms with E-state index in [-0.39, 0.29) is 23.9 Å². The Balaban J connectivity index is 1.67. The maximum absolute atomic E-state index is 12.4. The lowest BCUT2D eigenvalue weighted by atomic mass is 10.1. The molecule has 7 heteroatoms. The van der Waals surface area contributed by atoms with E-state index in [1.165, 1.54) is 0 Å². The van der Waals surface area contributed by atoms with Crippen molar-refractivity contribution < 1.29 is 9.59 Å². The van der Waals surface area contributed by atoms with Gasteiger partial charge >= 0.3 is 0 Å². The summed E-state index contributed by atoms with van der Waals surface area (Å²) in [4.78, 5) is 28.2. The van der Waals surface area contributed by atoms with Crippen LogP contribution in [0.15, 0.2) is 29.4 Å². The topological polar surface area (TPSA) is 77.0 Å². The molecule has 2 amide bonds. The predicted molar refractivity (Wildman–Crippen MR) is 87.6 cm³/mol. The fourth-order valence-corrected chi connectivity index (χ4v) is 2.60. The summed E-state index contributed by atoms with van der Waals surface area (Å²) in [5.41, 5.74) is 4.00. The van der Waals surface area contributed by atoms with Crippen molar-refractivity contribution in [2.24, 2.45) is 5.10 Å². The van der Waals surface area contributed by atoms with Crippen molar-refractivity contribution in [3.05, 3.63) is 35.4 Å². The molecule has 1 aromatic carbocycles. The third-order valence-electron chi connectivity index (χ3n) is 4.46. The van der Waals surface area contributed by atoms with Gasteiger partial charge in [0.25, 0.3) is 11.8 Å². The second-order valence-corrected chi connectivity index (χ2v) is 5.93. The SMILES string of the molecule is CN(C(=O)c1ccc(C(=O)N(C)C2CNC2)cc1)C1C=NNC1. The fourth-order valence-electron chi connectivity index (χ4n) is 2.60. The Morgan fingerprint density at radius 3 is 2.00 bits per heavy atom. The zero-order valence-corrected chi connectivity index (χ0v) is 13.3. The average Bonchev–Trinajstić information content (AvgIpc) is 3.05. The van der Waals surface area contributed by atoms with Crippen molar-refractivity contribution >= 4 is 18.0 Å². The molecule has 3 rings (SSSR count). The van der Waals surface area contributed by atoms with Crippen molar-refractivity contribution in [3.8, 4) is 0 Å². The van der Waals surface area contributed by atoms with Crippen molar-refractivity contribution in [3.63, 3.8) is 0 Å². The molecule has 1 saturated heterocycles. The van der Waals surface area contributed by atoms with Gasteiger partial charge in [0.1, 0.15) is 0 Å². The zero-order chi connectivity index (χ0) is 16.4. The van der Waals surface area contributed by atoms with Crippen LogP contribution in [0.2, 0.25) is 0 Å². The number of hydrogen-bond donors (Lipinski definition) is 2. The highest BCUT2D eigenvalue weighted by molar-refractivity contribution is 5.98. The van der Waals surface area contributed by atoms with E-state index in [4.69, 9.17) is 0 Å². The number of hydrogen-bond acceptors (Lipinski definition) is 5. The van der Waals surface area contributed by atoms with Gasteiger partial charge in [0.2, 0.25) is 0 Å².